The molecule has 1 aliphatic heterocycles. The Morgan fingerprint density at radius 1 is 1.56 bits per heavy atom. The van der Waals surface area contributed by atoms with Gasteiger partial charge in [0.1, 0.15) is 0 Å². The molecule has 18 heavy (non-hydrogen) atoms. The van der Waals surface area contributed by atoms with E-state index in [0.717, 1.165) is 6.54 Å². The Bertz CT molecular complexity index is 328. The lowest BCUT2D eigenvalue weighted by molar-refractivity contribution is -0.129. The van der Waals surface area contributed by atoms with Crippen molar-refractivity contribution in [3.63, 3.8) is 0 Å². The van der Waals surface area contributed by atoms with E-state index in [2.05, 4.69) is 5.32 Å². The molecule has 2 N–H and O–H groups in total. The summed E-state index contributed by atoms with van der Waals surface area (Å²) >= 11 is 0. The van der Waals surface area contributed by atoms with Crippen LogP contribution in [0.2, 0.25) is 0 Å². The van der Waals surface area contributed by atoms with Crippen molar-refractivity contribution in [1.82, 2.24) is 10.2 Å². The highest BCUT2D eigenvalue weighted by Gasteiger charge is 2.36. The van der Waals surface area contributed by atoms with E-state index in [1.54, 1.807) is 0 Å². The fourth-order valence-electron chi connectivity index (χ4n) is 2.24. The van der Waals surface area contributed by atoms with Crippen molar-refractivity contribution in [3.8, 4) is 0 Å². The molecule has 5 heteroatoms. The molecule has 2 amide bonds. The van der Waals surface area contributed by atoms with E-state index < -0.39 is 6.10 Å². The van der Waals surface area contributed by atoms with Crippen molar-refractivity contribution in [2.24, 2.45) is 11.8 Å². The first kappa shape index (κ1) is 13.3. The fourth-order valence-corrected chi connectivity index (χ4v) is 2.24. The smallest absolute Gasteiger partial charge is 0.225 e. The molecular formula is C13H22N2O3. The first-order valence-electron chi connectivity index (χ1n) is 6.83. The van der Waals surface area contributed by atoms with E-state index in [1.165, 1.54) is 12.8 Å². The normalized spacial score (nSPS) is 25.3. The topological polar surface area (TPSA) is 69.6 Å². The van der Waals surface area contributed by atoms with Gasteiger partial charge in [-0.1, -0.05) is 6.92 Å². The molecule has 0 aromatic heterocycles. The molecule has 2 aliphatic rings. The van der Waals surface area contributed by atoms with Gasteiger partial charge in [-0.15, -0.1) is 0 Å². The molecule has 5 nitrogen and oxygen atoms in total. The Morgan fingerprint density at radius 2 is 2.28 bits per heavy atom. The van der Waals surface area contributed by atoms with E-state index in [-0.39, 0.29) is 24.3 Å². The highest BCUT2D eigenvalue weighted by Crippen LogP contribution is 2.31. The van der Waals surface area contributed by atoms with Crippen LogP contribution in [-0.2, 0) is 9.59 Å². The van der Waals surface area contributed by atoms with E-state index in [0.29, 0.717) is 25.3 Å². The van der Waals surface area contributed by atoms with Crippen molar-refractivity contribution < 1.29 is 14.7 Å². The van der Waals surface area contributed by atoms with Crippen LogP contribution < -0.4 is 5.32 Å². The van der Waals surface area contributed by atoms with Gasteiger partial charge in [0.05, 0.1) is 12.0 Å². The van der Waals surface area contributed by atoms with Gasteiger partial charge in [0, 0.05) is 26.1 Å². The third-order valence-electron chi connectivity index (χ3n) is 3.74. The summed E-state index contributed by atoms with van der Waals surface area (Å²) in [5.41, 5.74) is 0. The molecule has 0 aromatic carbocycles. The molecule has 0 spiro atoms. The molecule has 2 atom stereocenters. The summed E-state index contributed by atoms with van der Waals surface area (Å²) in [5.74, 6) is 0.421. The minimum atomic E-state index is -0.492. The summed E-state index contributed by atoms with van der Waals surface area (Å²) in [6.45, 7) is 3.51. The van der Waals surface area contributed by atoms with Gasteiger partial charge < -0.3 is 15.3 Å². The summed E-state index contributed by atoms with van der Waals surface area (Å²) in [6, 6.07) is 0. The molecule has 1 saturated carbocycles. The third kappa shape index (κ3) is 3.45. The van der Waals surface area contributed by atoms with Gasteiger partial charge >= 0.3 is 0 Å². The second-order valence-electron chi connectivity index (χ2n) is 5.45. The quantitative estimate of drug-likeness (QED) is 0.708. The zero-order chi connectivity index (χ0) is 13.1. The van der Waals surface area contributed by atoms with Crippen molar-refractivity contribution in [2.45, 2.75) is 38.7 Å². The lowest BCUT2D eigenvalue weighted by Crippen LogP contribution is -2.37. The van der Waals surface area contributed by atoms with Gasteiger partial charge in [0.2, 0.25) is 11.8 Å². The lowest BCUT2D eigenvalue weighted by atomic mass is 10.1. The summed E-state index contributed by atoms with van der Waals surface area (Å²) in [4.78, 5) is 25.4. The largest absolute Gasteiger partial charge is 0.391 e. The van der Waals surface area contributed by atoms with Crippen molar-refractivity contribution in [3.05, 3.63) is 0 Å². The van der Waals surface area contributed by atoms with E-state index >= 15 is 0 Å². The number of aliphatic hydroxyl groups excluding tert-OH is 1. The molecule has 2 fully saturated rings. The highest BCUT2D eigenvalue weighted by molar-refractivity contribution is 5.89. The predicted octanol–water partition coefficient (Wildman–Crippen LogP) is 0.132. The summed E-state index contributed by atoms with van der Waals surface area (Å²) in [7, 11) is 0. The van der Waals surface area contributed by atoms with Gasteiger partial charge in [0.15, 0.2) is 0 Å². The average Bonchev–Trinajstić information content (AvgIpc) is 3.10. The van der Waals surface area contributed by atoms with Crippen LogP contribution in [0, 0.1) is 11.8 Å². The van der Waals surface area contributed by atoms with Gasteiger partial charge in [0.25, 0.3) is 0 Å². The number of carbonyl (C=O) groups excluding carboxylic acids is 2. The number of hydrogen-bond donors (Lipinski definition) is 2. The fraction of sp³-hybridized carbons (Fsp3) is 0.846. The zero-order valence-corrected chi connectivity index (χ0v) is 10.9. The minimum absolute atomic E-state index is 0.0955. The molecule has 2 unspecified atom stereocenters. The van der Waals surface area contributed by atoms with Gasteiger partial charge in [-0.25, -0.2) is 0 Å². The Kier molecular flexibility index (Phi) is 4.22. The number of hydrogen-bond acceptors (Lipinski definition) is 3. The van der Waals surface area contributed by atoms with E-state index in [4.69, 9.17) is 0 Å². The molecular weight excluding hydrogens is 232 g/mol. The van der Waals surface area contributed by atoms with Crippen LogP contribution >= 0.6 is 0 Å². The summed E-state index contributed by atoms with van der Waals surface area (Å²) in [6.07, 6.45) is 2.87. The van der Waals surface area contributed by atoms with Crippen LogP contribution in [0.25, 0.3) is 0 Å². The molecule has 1 aliphatic carbocycles. The number of nitrogens with one attached hydrogen (secondary N) is 1. The summed E-state index contributed by atoms with van der Waals surface area (Å²) < 4.78 is 0. The maximum atomic E-state index is 11.9. The molecule has 1 heterocycles. The second kappa shape index (κ2) is 5.69. The van der Waals surface area contributed by atoms with Gasteiger partial charge in [-0.05, 0) is 25.2 Å². The number of rotatable bonds is 6. The van der Waals surface area contributed by atoms with E-state index in [1.807, 2.05) is 11.8 Å². The average molecular weight is 254 g/mol. The van der Waals surface area contributed by atoms with Crippen LogP contribution in [-0.4, -0.2) is 47.6 Å². The van der Waals surface area contributed by atoms with Crippen LogP contribution in [0.3, 0.4) is 0 Å². The lowest BCUT2D eigenvalue weighted by Gasteiger charge is -2.16. The Morgan fingerprint density at radius 3 is 2.89 bits per heavy atom. The maximum absolute atomic E-state index is 11.9. The third-order valence-corrected chi connectivity index (χ3v) is 3.74. The number of nitrogens with zero attached hydrogens (tertiary/aromatic N) is 1. The summed E-state index contributed by atoms with van der Waals surface area (Å²) in [5, 5.41) is 12.1. The maximum Gasteiger partial charge on any atom is 0.225 e. The van der Waals surface area contributed by atoms with Crippen LogP contribution in [0.1, 0.15) is 32.6 Å². The zero-order valence-electron chi connectivity index (χ0n) is 10.9. The molecule has 2 rings (SSSR count). The van der Waals surface area contributed by atoms with E-state index in [9.17, 15) is 14.7 Å². The minimum Gasteiger partial charge on any atom is -0.391 e. The monoisotopic (exact) mass is 254 g/mol. The molecule has 0 radical (unpaired) electrons. The number of likely N-dealkylation sites (tertiary alicyclic amines) is 1. The predicted molar refractivity (Wildman–Crippen MR) is 66.7 cm³/mol. The standard InChI is InChI=1S/C13H22N2O3/c1-2-11(16)6-14-13(18)10-5-12(17)15(8-10)7-9-3-4-9/h9-11,16H,2-8H2,1H3,(H,14,18). The van der Waals surface area contributed by atoms with Crippen LogP contribution in [0.15, 0.2) is 0 Å². The molecule has 0 bridgehead atoms. The van der Waals surface area contributed by atoms with Crippen molar-refractivity contribution in [2.75, 3.05) is 19.6 Å². The Labute approximate surface area is 108 Å². The SMILES string of the molecule is CCC(O)CNC(=O)C1CC(=O)N(CC2CC2)C1. The van der Waals surface area contributed by atoms with Crippen molar-refractivity contribution in [1.29, 1.82) is 0 Å². The Balaban J connectivity index is 1.75. The van der Waals surface area contributed by atoms with Gasteiger partial charge in [-0.3, -0.25) is 9.59 Å². The van der Waals surface area contributed by atoms with Crippen LogP contribution in [0.5, 0.6) is 0 Å². The number of carbonyl (C=O) groups is 2. The van der Waals surface area contributed by atoms with Crippen molar-refractivity contribution >= 4 is 11.8 Å². The first-order valence-corrected chi connectivity index (χ1v) is 6.83. The first-order chi connectivity index (χ1) is 8.60. The highest BCUT2D eigenvalue weighted by atomic mass is 16.3. The second-order valence-corrected chi connectivity index (χ2v) is 5.45. The van der Waals surface area contributed by atoms with Crippen LogP contribution in [0.4, 0.5) is 0 Å². The molecule has 1 saturated heterocycles. The molecule has 0 aromatic rings. The number of aliphatic hydroxyl groups is 1. The Hall–Kier alpha value is -1.10. The number of amides is 2. The van der Waals surface area contributed by atoms with Gasteiger partial charge in [-0.2, -0.15) is 0 Å². The molecule has 102 valence electrons.